The zero-order valence-corrected chi connectivity index (χ0v) is 16.2. The Balaban J connectivity index is 2.02. The number of ether oxygens (including phenoxy) is 1. The molecule has 0 spiro atoms. The lowest BCUT2D eigenvalue weighted by atomic mass is 10.0. The van der Waals surface area contributed by atoms with Gasteiger partial charge in [0.15, 0.2) is 0 Å². The number of carbonyl (C=O) groups excluding carboxylic acids is 2. The van der Waals surface area contributed by atoms with E-state index in [2.05, 4.69) is 5.32 Å². The molecule has 6 heteroatoms. The molecule has 2 heterocycles. The van der Waals surface area contributed by atoms with Crippen LogP contribution in [0.2, 0.25) is 0 Å². The lowest BCUT2D eigenvalue weighted by Crippen LogP contribution is -2.50. The van der Waals surface area contributed by atoms with Gasteiger partial charge >= 0.3 is 6.09 Å². The van der Waals surface area contributed by atoms with Gasteiger partial charge in [-0.15, -0.1) is 0 Å². The third kappa shape index (κ3) is 4.77. The van der Waals surface area contributed by atoms with Gasteiger partial charge in [-0.3, -0.25) is 4.79 Å². The first-order valence-corrected chi connectivity index (χ1v) is 8.94. The maximum absolute atomic E-state index is 12.5. The Hall–Kier alpha value is -1.98. The maximum atomic E-state index is 12.5. The molecule has 2 amide bonds. The van der Waals surface area contributed by atoms with Gasteiger partial charge in [0, 0.05) is 18.7 Å². The number of furan rings is 1. The van der Waals surface area contributed by atoms with E-state index in [4.69, 9.17) is 9.15 Å². The molecule has 1 aliphatic rings. The highest BCUT2D eigenvalue weighted by molar-refractivity contribution is 5.96. The highest BCUT2D eigenvalue weighted by Crippen LogP contribution is 2.22. The molecule has 2 rings (SSSR count). The second kappa shape index (κ2) is 7.50. The summed E-state index contributed by atoms with van der Waals surface area (Å²) < 4.78 is 11.0. The summed E-state index contributed by atoms with van der Waals surface area (Å²) in [5.74, 6) is 1.23. The Morgan fingerprint density at radius 2 is 1.88 bits per heavy atom. The van der Waals surface area contributed by atoms with Gasteiger partial charge < -0.3 is 19.4 Å². The molecule has 0 radical (unpaired) electrons. The molecule has 1 fully saturated rings. The predicted octanol–water partition coefficient (Wildman–Crippen LogP) is 3.72. The SMILES string of the molecule is Cc1oc(C)c(C(=O)NCC2CCCCN2C(=O)OC(C)(C)C)c1C. The van der Waals surface area contributed by atoms with Gasteiger partial charge in [-0.1, -0.05) is 0 Å². The minimum absolute atomic E-state index is 0.0406. The zero-order valence-electron chi connectivity index (χ0n) is 16.2. The van der Waals surface area contributed by atoms with E-state index in [1.54, 1.807) is 11.8 Å². The van der Waals surface area contributed by atoms with Gasteiger partial charge in [0.1, 0.15) is 17.1 Å². The molecule has 1 atom stereocenters. The third-order valence-electron chi connectivity index (χ3n) is 4.54. The van der Waals surface area contributed by atoms with Crippen LogP contribution in [0, 0.1) is 20.8 Å². The number of hydrogen-bond acceptors (Lipinski definition) is 4. The molecule has 1 saturated heterocycles. The average molecular weight is 350 g/mol. The van der Waals surface area contributed by atoms with Crippen molar-refractivity contribution in [2.24, 2.45) is 0 Å². The van der Waals surface area contributed by atoms with Crippen molar-refractivity contribution >= 4 is 12.0 Å². The molecule has 1 aliphatic heterocycles. The number of amides is 2. The Labute approximate surface area is 149 Å². The van der Waals surface area contributed by atoms with Crippen LogP contribution in [0.1, 0.15) is 67.5 Å². The molecule has 0 aromatic carbocycles. The third-order valence-corrected chi connectivity index (χ3v) is 4.54. The Morgan fingerprint density at radius 3 is 2.44 bits per heavy atom. The van der Waals surface area contributed by atoms with Crippen molar-refractivity contribution in [1.29, 1.82) is 0 Å². The summed E-state index contributed by atoms with van der Waals surface area (Å²) >= 11 is 0. The summed E-state index contributed by atoms with van der Waals surface area (Å²) in [7, 11) is 0. The van der Waals surface area contributed by atoms with Crippen LogP contribution < -0.4 is 5.32 Å². The molecule has 0 aliphatic carbocycles. The van der Waals surface area contributed by atoms with Crippen LogP contribution in [0.5, 0.6) is 0 Å². The van der Waals surface area contributed by atoms with Crippen molar-refractivity contribution in [2.75, 3.05) is 13.1 Å². The van der Waals surface area contributed by atoms with E-state index >= 15 is 0 Å². The van der Waals surface area contributed by atoms with E-state index < -0.39 is 5.60 Å². The standard InChI is InChI=1S/C19H30N2O4/c1-12-13(2)24-14(3)16(12)17(22)20-11-15-9-7-8-10-21(15)18(23)25-19(4,5)6/h15H,7-11H2,1-6H3,(H,20,22). The summed E-state index contributed by atoms with van der Waals surface area (Å²) in [5.41, 5.74) is 0.935. The number of nitrogens with zero attached hydrogens (tertiary/aromatic N) is 1. The molecule has 140 valence electrons. The number of piperidine rings is 1. The molecule has 0 bridgehead atoms. The summed E-state index contributed by atoms with van der Waals surface area (Å²) in [6.45, 7) is 12.2. The van der Waals surface area contributed by atoms with E-state index in [1.165, 1.54) is 0 Å². The van der Waals surface area contributed by atoms with Gasteiger partial charge in [-0.25, -0.2) is 4.79 Å². The molecule has 6 nitrogen and oxygen atoms in total. The van der Waals surface area contributed by atoms with Gasteiger partial charge in [0.2, 0.25) is 0 Å². The molecule has 1 unspecified atom stereocenters. The van der Waals surface area contributed by atoms with Crippen molar-refractivity contribution in [3.8, 4) is 0 Å². The maximum Gasteiger partial charge on any atom is 0.410 e. The van der Waals surface area contributed by atoms with E-state index in [0.29, 0.717) is 24.4 Å². The first-order chi connectivity index (χ1) is 11.6. The topological polar surface area (TPSA) is 71.8 Å². The monoisotopic (exact) mass is 350 g/mol. The van der Waals surface area contributed by atoms with E-state index in [0.717, 1.165) is 30.6 Å². The number of hydrogen-bond donors (Lipinski definition) is 1. The predicted molar refractivity (Wildman–Crippen MR) is 95.8 cm³/mol. The van der Waals surface area contributed by atoms with Crippen LogP contribution in [0.25, 0.3) is 0 Å². The van der Waals surface area contributed by atoms with Crippen LogP contribution in [0.3, 0.4) is 0 Å². The van der Waals surface area contributed by atoms with E-state index in [1.807, 2.05) is 34.6 Å². The second-order valence-corrected chi connectivity index (χ2v) is 7.75. The number of aryl methyl sites for hydroxylation is 2. The number of rotatable bonds is 3. The first kappa shape index (κ1) is 19.3. The lowest BCUT2D eigenvalue weighted by molar-refractivity contribution is 0.00985. The second-order valence-electron chi connectivity index (χ2n) is 7.75. The molecule has 1 aromatic rings. The van der Waals surface area contributed by atoms with Crippen LogP contribution in [0.4, 0.5) is 4.79 Å². The Kier molecular flexibility index (Phi) is 5.80. The fraction of sp³-hybridized carbons (Fsp3) is 0.684. The molecular formula is C19H30N2O4. The number of likely N-dealkylation sites (tertiary alicyclic amines) is 1. The normalized spacial score (nSPS) is 18.2. The van der Waals surface area contributed by atoms with Crippen LogP contribution in [-0.2, 0) is 4.74 Å². The highest BCUT2D eigenvalue weighted by Gasteiger charge is 2.31. The Morgan fingerprint density at radius 1 is 1.20 bits per heavy atom. The fourth-order valence-corrected chi connectivity index (χ4v) is 3.20. The van der Waals surface area contributed by atoms with Gasteiger partial charge in [0.25, 0.3) is 5.91 Å². The van der Waals surface area contributed by atoms with Crippen molar-refractivity contribution < 1.29 is 18.7 Å². The number of carbonyl (C=O) groups is 2. The zero-order chi connectivity index (χ0) is 18.8. The molecule has 1 aromatic heterocycles. The minimum Gasteiger partial charge on any atom is -0.466 e. The molecule has 25 heavy (non-hydrogen) atoms. The van der Waals surface area contributed by atoms with Crippen LogP contribution in [0.15, 0.2) is 4.42 Å². The minimum atomic E-state index is -0.523. The van der Waals surface area contributed by atoms with Crippen molar-refractivity contribution in [1.82, 2.24) is 10.2 Å². The van der Waals surface area contributed by atoms with Gasteiger partial charge in [0.05, 0.1) is 11.6 Å². The smallest absolute Gasteiger partial charge is 0.410 e. The van der Waals surface area contributed by atoms with E-state index in [9.17, 15) is 9.59 Å². The average Bonchev–Trinajstić information content (AvgIpc) is 2.76. The van der Waals surface area contributed by atoms with Crippen LogP contribution >= 0.6 is 0 Å². The summed E-state index contributed by atoms with van der Waals surface area (Å²) in [5, 5.41) is 2.96. The molecular weight excluding hydrogens is 320 g/mol. The quantitative estimate of drug-likeness (QED) is 0.902. The van der Waals surface area contributed by atoms with Crippen molar-refractivity contribution in [2.45, 2.75) is 72.4 Å². The van der Waals surface area contributed by atoms with Gasteiger partial charge in [-0.2, -0.15) is 0 Å². The highest BCUT2D eigenvalue weighted by atomic mass is 16.6. The summed E-state index contributed by atoms with van der Waals surface area (Å²) in [6, 6.07) is -0.0406. The largest absolute Gasteiger partial charge is 0.466 e. The van der Waals surface area contributed by atoms with Crippen LogP contribution in [-0.4, -0.2) is 41.6 Å². The summed E-state index contributed by atoms with van der Waals surface area (Å²) in [4.78, 5) is 26.7. The lowest BCUT2D eigenvalue weighted by Gasteiger charge is -2.36. The molecule has 1 N–H and O–H groups in total. The Bertz CT molecular complexity index is 643. The molecule has 0 saturated carbocycles. The van der Waals surface area contributed by atoms with E-state index in [-0.39, 0.29) is 18.0 Å². The fourth-order valence-electron chi connectivity index (χ4n) is 3.20. The number of nitrogens with one attached hydrogen (secondary N) is 1. The first-order valence-electron chi connectivity index (χ1n) is 8.94. The summed E-state index contributed by atoms with van der Waals surface area (Å²) in [6.07, 6.45) is 2.56. The van der Waals surface area contributed by atoms with Crippen molar-refractivity contribution in [3.63, 3.8) is 0 Å². The van der Waals surface area contributed by atoms with Crippen molar-refractivity contribution in [3.05, 3.63) is 22.6 Å². The van der Waals surface area contributed by atoms with Gasteiger partial charge in [-0.05, 0) is 60.8 Å².